The van der Waals surface area contributed by atoms with E-state index in [4.69, 9.17) is 15.0 Å². The molecule has 4 saturated carbocycles. The molecule has 1 heterocycles. The second-order valence-electron chi connectivity index (χ2n) is 13.8. The standard InChI is InChI=1S/C42H34N4/c43-26-34-8-4-11-38-36(9-5-10-37(34)38)30-12-14-32(15-13-30)40-44-39(31-6-2-1-3-7-31)45-41(46-40)33-16-18-35(19-17-33)42-23-27-20-28(24-42)22-29(21-27)25-42/h1-19,27-29H,20-25H2/t27-,28-,29-,42?. The summed E-state index contributed by atoms with van der Waals surface area (Å²) in [7, 11) is 0. The molecular weight excluding hydrogens is 560 g/mol. The largest absolute Gasteiger partial charge is 0.208 e. The summed E-state index contributed by atoms with van der Waals surface area (Å²) in [5.41, 5.74) is 7.69. The van der Waals surface area contributed by atoms with Crippen LogP contribution in [0.2, 0.25) is 0 Å². The van der Waals surface area contributed by atoms with Crippen molar-refractivity contribution in [2.75, 3.05) is 0 Å². The highest BCUT2D eigenvalue weighted by atomic mass is 15.0. The first-order valence-electron chi connectivity index (χ1n) is 16.6. The van der Waals surface area contributed by atoms with Gasteiger partial charge in [-0.25, -0.2) is 15.0 Å². The zero-order valence-electron chi connectivity index (χ0n) is 25.7. The first-order valence-corrected chi connectivity index (χ1v) is 16.6. The summed E-state index contributed by atoms with van der Waals surface area (Å²) in [4.78, 5) is 15.0. The number of nitrogens with zero attached hydrogens (tertiary/aromatic N) is 4. The lowest BCUT2D eigenvalue weighted by molar-refractivity contribution is -0.00518. The maximum Gasteiger partial charge on any atom is 0.164 e. The van der Waals surface area contributed by atoms with E-state index in [0.29, 0.717) is 28.5 Å². The van der Waals surface area contributed by atoms with Crippen LogP contribution < -0.4 is 0 Å². The van der Waals surface area contributed by atoms with Crippen molar-refractivity contribution < 1.29 is 0 Å². The number of hydrogen-bond donors (Lipinski definition) is 0. The van der Waals surface area contributed by atoms with E-state index in [0.717, 1.165) is 56.3 Å². The van der Waals surface area contributed by atoms with E-state index < -0.39 is 0 Å². The molecule has 0 aliphatic heterocycles. The number of hydrogen-bond acceptors (Lipinski definition) is 4. The maximum absolute atomic E-state index is 9.62. The van der Waals surface area contributed by atoms with Gasteiger partial charge in [0, 0.05) is 22.1 Å². The third kappa shape index (κ3) is 4.62. The van der Waals surface area contributed by atoms with Gasteiger partial charge in [-0.15, -0.1) is 0 Å². The lowest BCUT2D eigenvalue weighted by Gasteiger charge is -2.57. The van der Waals surface area contributed by atoms with Crippen LogP contribution in [0.5, 0.6) is 0 Å². The van der Waals surface area contributed by atoms with Gasteiger partial charge in [-0.05, 0) is 89.8 Å². The quantitative estimate of drug-likeness (QED) is 0.199. The van der Waals surface area contributed by atoms with E-state index in [1.807, 2.05) is 42.5 Å². The molecule has 0 saturated heterocycles. The second-order valence-corrected chi connectivity index (χ2v) is 13.8. The van der Waals surface area contributed by atoms with Gasteiger partial charge in [-0.3, -0.25) is 0 Å². The number of aromatic nitrogens is 3. The van der Waals surface area contributed by atoms with Crippen molar-refractivity contribution >= 4 is 10.8 Å². The second kappa shape index (κ2) is 10.7. The van der Waals surface area contributed by atoms with Gasteiger partial charge in [0.25, 0.3) is 0 Å². The third-order valence-electron chi connectivity index (χ3n) is 11.0. The molecule has 0 spiro atoms. The molecule has 6 aromatic rings. The summed E-state index contributed by atoms with van der Waals surface area (Å²) in [5, 5.41) is 11.7. The number of nitriles is 1. The smallest absolute Gasteiger partial charge is 0.164 e. The molecule has 4 fully saturated rings. The van der Waals surface area contributed by atoms with Gasteiger partial charge in [-0.1, -0.05) is 109 Å². The van der Waals surface area contributed by atoms with E-state index in [9.17, 15) is 5.26 Å². The average molecular weight is 595 g/mol. The molecule has 46 heavy (non-hydrogen) atoms. The predicted molar refractivity (Wildman–Crippen MR) is 184 cm³/mol. The first kappa shape index (κ1) is 27.2. The number of benzene rings is 5. The lowest BCUT2D eigenvalue weighted by atomic mass is 9.48. The highest BCUT2D eigenvalue weighted by Crippen LogP contribution is 2.60. The summed E-state index contributed by atoms with van der Waals surface area (Å²) in [6, 6.07) is 42.2. The molecule has 5 aromatic carbocycles. The van der Waals surface area contributed by atoms with Crippen molar-refractivity contribution in [1.82, 2.24) is 15.0 Å². The van der Waals surface area contributed by atoms with Crippen LogP contribution in [0.1, 0.15) is 49.7 Å². The van der Waals surface area contributed by atoms with Crippen LogP contribution in [0.15, 0.2) is 115 Å². The van der Waals surface area contributed by atoms with Gasteiger partial charge >= 0.3 is 0 Å². The van der Waals surface area contributed by atoms with Gasteiger partial charge in [0.1, 0.15) is 0 Å². The van der Waals surface area contributed by atoms with Crippen molar-refractivity contribution in [1.29, 1.82) is 5.26 Å². The molecule has 0 N–H and O–H groups in total. The summed E-state index contributed by atoms with van der Waals surface area (Å²) in [5.74, 6) is 4.80. The van der Waals surface area contributed by atoms with Crippen LogP contribution in [0.25, 0.3) is 56.1 Å². The van der Waals surface area contributed by atoms with Gasteiger partial charge in [0.05, 0.1) is 11.6 Å². The molecule has 4 bridgehead atoms. The first-order chi connectivity index (χ1) is 22.6. The van der Waals surface area contributed by atoms with E-state index in [-0.39, 0.29) is 0 Å². The van der Waals surface area contributed by atoms with Crippen molar-refractivity contribution in [3.63, 3.8) is 0 Å². The summed E-state index contributed by atoms with van der Waals surface area (Å²) >= 11 is 0. The average Bonchev–Trinajstić information content (AvgIpc) is 3.11. The SMILES string of the molecule is N#Cc1cccc2c(-c3ccc(-c4nc(-c5ccccc5)nc(-c5ccc(C67C[C@H]8C[C@H](C6)C[C@@H](C7)C8)cc5)n4)cc3)cccc12. The Hall–Kier alpha value is -5.14. The van der Waals surface area contributed by atoms with Crippen molar-refractivity contribution in [3.8, 4) is 51.4 Å². The molecule has 0 atom stereocenters. The molecule has 4 nitrogen and oxygen atoms in total. The Labute approximate surface area is 269 Å². The van der Waals surface area contributed by atoms with Crippen LogP contribution in [-0.4, -0.2) is 15.0 Å². The summed E-state index contributed by atoms with van der Waals surface area (Å²) < 4.78 is 0. The Morgan fingerprint density at radius 3 is 1.59 bits per heavy atom. The molecular formula is C42H34N4. The van der Waals surface area contributed by atoms with E-state index in [2.05, 4.69) is 78.9 Å². The monoisotopic (exact) mass is 594 g/mol. The minimum Gasteiger partial charge on any atom is -0.208 e. The molecule has 222 valence electrons. The fourth-order valence-corrected chi connectivity index (χ4v) is 9.25. The predicted octanol–water partition coefficient (Wildman–Crippen LogP) is 10.0. The van der Waals surface area contributed by atoms with Crippen molar-refractivity contribution in [2.45, 2.75) is 43.9 Å². The summed E-state index contributed by atoms with van der Waals surface area (Å²) in [6.45, 7) is 0. The minimum absolute atomic E-state index is 0.370. The van der Waals surface area contributed by atoms with Gasteiger partial charge in [0.15, 0.2) is 17.5 Å². The molecule has 0 unspecified atom stereocenters. The van der Waals surface area contributed by atoms with E-state index in [1.54, 1.807) is 0 Å². The number of fused-ring (bicyclic) bond motifs is 1. The van der Waals surface area contributed by atoms with Crippen LogP contribution in [0.4, 0.5) is 0 Å². The Kier molecular flexibility index (Phi) is 6.35. The molecule has 10 rings (SSSR count). The molecule has 0 radical (unpaired) electrons. The van der Waals surface area contributed by atoms with Gasteiger partial charge in [-0.2, -0.15) is 5.26 Å². The molecule has 4 aliphatic rings. The Bertz CT molecular complexity index is 2090. The van der Waals surface area contributed by atoms with Crippen molar-refractivity contribution in [2.24, 2.45) is 17.8 Å². The molecule has 1 aromatic heterocycles. The molecule has 4 heteroatoms. The topological polar surface area (TPSA) is 62.5 Å². The fraction of sp³-hybridized carbons (Fsp3) is 0.238. The minimum atomic E-state index is 0.370. The Balaban J connectivity index is 1.09. The molecule has 4 aliphatic carbocycles. The van der Waals surface area contributed by atoms with Gasteiger partial charge < -0.3 is 0 Å². The normalized spacial score (nSPS) is 23.0. The zero-order valence-corrected chi connectivity index (χ0v) is 25.7. The Morgan fingerprint density at radius 2 is 1.00 bits per heavy atom. The number of rotatable bonds is 5. The highest BCUT2D eigenvalue weighted by molar-refractivity contribution is 5.99. The third-order valence-corrected chi connectivity index (χ3v) is 11.0. The van der Waals surface area contributed by atoms with E-state index >= 15 is 0 Å². The van der Waals surface area contributed by atoms with E-state index in [1.165, 1.54) is 44.1 Å². The Morgan fingerprint density at radius 1 is 0.500 bits per heavy atom. The van der Waals surface area contributed by atoms with Crippen LogP contribution >= 0.6 is 0 Å². The maximum atomic E-state index is 9.62. The van der Waals surface area contributed by atoms with Crippen LogP contribution in [0, 0.1) is 29.1 Å². The fourth-order valence-electron chi connectivity index (χ4n) is 9.25. The molecule has 0 amide bonds. The lowest BCUT2D eigenvalue weighted by Crippen LogP contribution is -2.48. The highest BCUT2D eigenvalue weighted by Gasteiger charge is 2.51. The summed E-state index contributed by atoms with van der Waals surface area (Å²) in [6.07, 6.45) is 8.46. The van der Waals surface area contributed by atoms with Crippen LogP contribution in [0.3, 0.4) is 0 Å². The van der Waals surface area contributed by atoms with Gasteiger partial charge in [0.2, 0.25) is 0 Å². The van der Waals surface area contributed by atoms with Crippen molar-refractivity contribution in [3.05, 3.63) is 126 Å². The van der Waals surface area contributed by atoms with Crippen LogP contribution in [-0.2, 0) is 5.41 Å². The zero-order chi connectivity index (χ0) is 30.7.